The van der Waals surface area contributed by atoms with Gasteiger partial charge in [0.1, 0.15) is 35.6 Å². The molecule has 1 aromatic heterocycles. The summed E-state index contributed by atoms with van der Waals surface area (Å²) in [5.41, 5.74) is 0.746. The van der Waals surface area contributed by atoms with Crippen LogP contribution in [0.4, 0.5) is 0 Å². The highest BCUT2D eigenvalue weighted by molar-refractivity contribution is 5.96. The molecule has 35 heavy (non-hydrogen) atoms. The summed E-state index contributed by atoms with van der Waals surface area (Å²) in [5, 5.41) is 0.796. The molecule has 0 radical (unpaired) electrons. The summed E-state index contributed by atoms with van der Waals surface area (Å²) >= 11 is 0. The van der Waals surface area contributed by atoms with Gasteiger partial charge in [-0.1, -0.05) is 18.2 Å². The van der Waals surface area contributed by atoms with E-state index in [0.717, 1.165) is 10.9 Å². The van der Waals surface area contributed by atoms with Gasteiger partial charge >= 0.3 is 11.6 Å². The zero-order chi connectivity index (χ0) is 24.4. The molecule has 3 aromatic rings. The maximum absolute atomic E-state index is 12.9. The van der Waals surface area contributed by atoms with Crippen LogP contribution < -0.4 is 15.1 Å². The number of benzene rings is 2. The second-order valence-electron chi connectivity index (χ2n) is 8.66. The molecule has 0 spiro atoms. The number of allylic oxidation sites excluding steroid dienone is 1. The molecule has 2 aromatic carbocycles. The molecule has 1 aliphatic heterocycles. The van der Waals surface area contributed by atoms with E-state index in [4.69, 9.17) is 23.4 Å². The minimum atomic E-state index is -0.523. The number of aryl methyl sites for hydroxylation is 1. The molecule has 180 valence electrons. The number of carbonyl (C=O) groups is 2. The molecule has 0 bridgehead atoms. The Hall–Kier alpha value is -4.07. The fourth-order valence-electron chi connectivity index (χ4n) is 4.49. The molecule has 0 N–H and O–H groups in total. The van der Waals surface area contributed by atoms with Crippen molar-refractivity contribution in [2.75, 3.05) is 6.61 Å². The fourth-order valence-corrected chi connectivity index (χ4v) is 4.49. The van der Waals surface area contributed by atoms with E-state index in [1.807, 2.05) is 25.1 Å². The SMILES string of the molecule is Cc1cc(=O)oc2cc(OCC(=O)OC3CCC4C(=O)C(Oc5ccccc5)=COC4C3)ccc12. The number of carbonyl (C=O) groups excluding carboxylic acids is 2. The number of ether oxygens (including phenoxy) is 4. The summed E-state index contributed by atoms with van der Waals surface area (Å²) in [7, 11) is 0. The molecule has 8 nitrogen and oxygen atoms in total. The van der Waals surface area contributed by atoms with Crippen molar-refractivity contribution < 1.29 is 33.0 Å². The van der Waals surface area contributed by atoms with Crippen molar-refractivity contribution in [1.29, 1.82) is 0 Å². The van der Waals surface area contributed by atoms with Crippen LogP contribution in [-0.2, 0) is 19.1 Å². The largest absolute Gasteiger partial charge is 0.493 e. The van der Waals surface area contributed by atoms with E-state index in [-0.39, 0.29) is 36.3 Å². The van der Waals surface area contributed by atoms with Crippen molar-refractivity contribution in [3.05, 3.63) is 82.6 Å². The van der Waals surface area contributed by atoms with E-state index in [1.54, 1.807) is 30.3 Å². The predicted octanol–water partition coefficient (Wildman–Crippen LogP) is 4.08. The summed E-state index contributed by atoms with van der Waals surface area (Å²) in [5.74, 6) is 0.189. The number of hydrogen-bond donors (Lipinski definition) is 0. The Morgan fingerprint density at radius 3 is 2.69 bits per heavy atom. The van der Waals surface area contributed by atoms with Crippen LogP contribution in [0.5, 0.6) is 11.5 Å². The van der Waals surface area contributed by atoms with Crippen LogP contribution in [-0.4, -0.2) is 30.6 Å². The summed E-state index contributed by atoms with van der Waals surface area (Å²) in [4.78, 5) is 36.8. The van der Waals surface area contributed by atoms with Crippen LogP contribution in [0.25, 0.3) is 11.0 Å². The Labute approximate surface area is 201 Å². The second kappa shape index (κ2) is 9.66. The molecule has 1 saturated carbocycles. The first kappa shape index (κ1) is 22.7. The third kappa shape index (κ3) is 5.06. The van der Waals surface area contributed by atoms with Gasteiger partial charge in [-0.25, -0.2) is 9.59 Å². The number of Topliss-reactive ketones (excluding diaryl/α,β-unsaturated/α-hetero) is 1. The van der Waals surface area contributed by atoms with E-state index in [2.05, 4.69) is 0 Å². The number of esters is 1. The average molecular weight is 476 g/mol. The zero-order valence-electron chi connectivity index (χ0n) is 19.1. The van der Waals surface area contributed by atoms with E-state index in [9.17, 15) is 14.4 Å². The smallest absolute Gasteiger partial charge is 0.344 e. The van der Waals surface area contributed by atoms with Crippen molar-refractivity contribution in [3.63, 3.8) is 0 Å². The van der Waals surface area contributed by atoms with E-state index >= 15 is 0 Å². The molecule has 3 atom stereocenters. The quantitative estimate of drug-likeness (QED) is 0.388. The Bertz CT molecular complexity index is 1340. The Morgan fingerprint density at radius 1 is 1.03 bits per heavy atom. The zero-order valence-corrected chi connectivity index (χ0v) is 19.1. The molecule has 5 rings (SSSR count). The van der Waals surface area contributed by atoms with Crippen molar-refractivity contribution in [2.24, 2.45) is 5.92 Å². The highest BCUT2D eigenvalue weighted by Crippen LogP contribution is 2.35. The van der Waals surface area contributed by atoms with Crippen molar-refractivity contribution in [2.45, 2.75) is 38.4 Å². The summed E-state index contributed by atoms with van der Waals surface area (Å²) in [6.07, 6.45) is 2.09. The molecule has 0 amide bonds. The third-order valence-electron chi connectivity index (χ3n) is 6.22. The lowest BCUT2D eigenvalue weighted by molar-refractivity contribution is -0.157. The van der Waals surface area contributed by atoms with Crippen LogP contribution in [0.3, 0.4) is 0 Å². The predicted molar refractivity (Wildman–Crippen MR) is 125 cm³/mol. The minimum Gasteiger partial charge on any atom is -0.493 e. The molecule has 8 heteroatoms. The van der Waals surface area contributed by atoms with Crippen LogP contribution in [0.15, 0.2) is 75.8 Å². The van der Waals surface area contributed by atoms with E-state index in [0.29, 0.717) is 36.3 Å². The van der Waals surface area contributed by atoms with Gasteiger partial charge in [0.2, 0.25) is 11.5 Å². The maximum atomic E-state index is 12.9. The van der Waals surface area contributed by atoms with Crippen LogP contribution >= 0.6 is 0 Å². The van der Waals surface area contributed by atoms with Gasteiger partial charge in [-0.05, 0) is 49.6 Å². The van der Waals surface area contributed by atoms with Gasteiger partial charge in [0, 0.05) is 23.9 Å². The summed E-state index contributed by atoms with van der Waals surface area (Å²) in [6, 6.07) is 15.5. The molecule has 2 aliphatic rings. The van der Waals surface area contributed by atoms with Crippen molar-refractivity contribution in [3.8, 4) is 11.5 Å². The molecule has 2 heterocycles. The minimum absolute atomic E-state index is 0.101. The molecule has 1 fully saturated rings. The van der Waals surface area contributed by atoms with Gasteiger partial charge in [-0.3, -0.25) is 4.79 Å². The van der Waals surface area contributed by atoms with Crippen LogP contribution in [0.1, 0.15) is 24.8 Å². The van der Waals surface area contributed by atoms with Crippen molar-refractivity contribution in [1.82, 2.24) is 0 Å². The fraction of sp³-hybridized carbons (Fsp3) is 0.296. The average Bonchev–Trinajstić information content (AvgIpc) is 2.85. The van der Waals surface area contributed by atoms with Gasteiger partial charge in [0.15, 0.2) is 6.61 Å². The first-order valence-electron chi connectivity index (χ1n) is 11.5. The number of para-hydroxylation sites is 1. The molecule has 3 unspecified atom stereocenters. The first-order valence-corrected chi connectivity index (χ1v) is 11.5. The lowest BCUT2D eigenvalue weighted by atomic mass is 9.80. The maximum Gasteiger partial charge on any atom is 0.344 e. The molecular formula is C27H24O8. The third-order valence-corrected chi connectivity index (χ3v) is 6.22. The monoisotopic (exact) mass is 476 g/mol. The Kier molecular flexibility index (Phi) is 6.27. The van der Waals surface area contributed by atoms with Gasteiger partial charge in [0.25, 0.3) is 0 Å². The summed E-state index contributed by atoms with van der Waals surface area (Å²) < 4.78 is 27.8. The lowest BCUT2D eigenvalue weighted by Gasteiger charge is -2.36. The number of rotatable bonds is 6. The highest BCUT2D eigenvalue weighted by atomic mass is 16.6. The van der Waals surface area contributed by atoms with Crippen molar-refractivity contribution >= 4 is 22.7 Å². The van der Waals surface area contributed by atoms with E-state index < -0.39 is 11.6 Å². The standard InChI is InChI=1S/C27H24O8/c1-16-11-25(28)35-23-12-18(7-9-20(16)23)31-15-26(29)34-19-8-10-21-22(13-19)32-14-24(27(21)30)33-17-5-3-2-4-6-17/h2-7,9,11-12,14,19,21-22H,8,10,13,15H2,1H3. The van der Waals surface area contributed by atoms with Gasteiger partial charge in [0.05, 0.1) is 5.92 Å². The van der Waals surface area contributed by atoms with E-state index in [1.165, 1.54) is 12.3 Å². The van der Waals surface area contributed by atoms with Gasteiger partial charge in [-0.2, -0.15) is 0 Å². The van der Waals surface area contributed by atoms with Gasteiger partial charge < -0.3 is 23.4 Å². The Balaban J connectivity index is 1.15. The van der Waals surface area contributed by atoms with Crippen LogP contribution in [0.2, 0.25) is 0 Å². The molecular weight excluding hydrogens is 452 g/mol. The topological polar surface area (TPSA) is 101 Å². The second-order valence-corrected chi connectivity index (χ2v) is 8.66. The number of ketones is 1. The summed E-state index contributed by atoms with van der Waals surface area (Å²) in [6.45, 7) is 1.53. The highest BCUT2D eigenvalue weighted by Gasteiger charge is 2.42. The molecule has 1 aliphatic carbocycles. The van der Waals surface area contributed by atoms with Crippen LogP contribution in [0, 0.1) is 12.8 Å². The lowest BCUT2D eigenvalue weighted by Crippen LogP contribution is -2.43. The molecule has 0 saturated heterocycles. The Morgan fingerprint density at radius 2 is 1.86 bits per heavy atom. The number of hydrogen-bond acceptors (Lipinski definition) is 8. The normalized spacial score (nSPS) is 21.5. The first-order chi connectivity index (χ1) is 17.0. The number of fused-ring (bicyclic) bond motifs is 2. The van der Waals surface area contributed by atoms with Gasteiger partial charge in [-0.15, -0.1) is 0 Å².